The molecule has 0 heterocycles. The Labute approximate surface area is 410 Å². The second-order valence-corrected chi connectivity index (χ2v) is 21.5. The summed E-state index contributed by atoms with van der Waals surface area (Å²) in [6.45, 7) is 4.41. The summed E-state index contributed by atoms with van der Waals surface area (Å²) in [6, 6.07) is -0.531. The van der Waals surface area contributed by atoms with Crippen molar-refractivity contribution in [1.29, 1.82) is 0 Å². The van der Waals surface area contributed by atoms with E-state index in [1.807, 2.05) is 0 Å². The van der Waals surface area contributed by atoms with E-state index < -0.39 is 12.1 Å². The van der Waals surface area contributed by atoms with E-state index in [-0.39, 0.29) is 12.5 Å². The number of carbonyl (C=O) groups excluding carboxylic acids is 1. The molecule has 0 rings (SSSR count). The molecule has 3 N–H and O–H groups in total. The second kappa shape index (κ2) is 57.7. The molecule has 0 fully saturated rings. The van der Waals surface area contributed by atoms with Gasteiger partial charge in [0, 0.05) is 6.42 Å². The minimum atomic E-state index is -0.655. The summed E-state index contributed by atoms with van der Waals surface area (Å²) in [5.41, 5.74) is 0. The fourth-order valence-electron chi connectivity index (χ4n) is 10.2. The molecule has 0 bridgehead atoms. The number of amides is 1. The molecule has 1 amide bonds. The summed E-state index contributed by atoms with van der Waals surface area (Å²) in [5.74, 6) is -0.0216. The maximum atomic E-state index is 12.5. The van der Waals surface area contributed by atoms with Crippen molar-refractivity contribution in [3.05, 3.63) is 0 Å². The molecule has 65 heavy (non-hydrogen) atoms. The molecule has 0 saturated carbocycles. The highest BCUT2D eigenvalue weighted by molar-refractivity contribution is 5.76. The number of aliphatic hydroxyl groups excluding tert-OH is 2. The van der Waals surface area contributed by atoms with Crippen LogP contribution in [0.4, 0.5) is 0 Å². The van der Waals surface area contributed by atoms with Crippen molar-refractivity contribution >= 4 is 5.91 Å². The van der Waals surface area contributed by atoms with Crippen LogP contribution in [0.1, 0.15) is 367 Å². The highest BCUT2D eigenvalue weighted by Gasteiger charge is 2.20. The van der Waals surface area contributed by atoms with E-state index in [1.165, 1.54) is 315 Å². The van der Waals surface area contributed by atoms with E-state index >= 15 is 0 Å². The molecule has 2 atom stereocenters. The van der Waals surface area contributed by atoms with Crippen molar-refractivity contribution in [3.63, 3.8) is 0 Å². The normalized spacial score (nSPS) is 12.6. The van der Waals surface area contributed by atoms with Crippen molar-refractivity contribution in [2.24, 2.45) is 0 Å². The van der Waals surface area contributed by atoms with E-state index in [9.17, 15) is 15.0 Å². The van der Waals surface area contributed by atoms with Crippen LogP contribution >= 0.6 is 0 Å². The predicted molar refractivity (Wildman–Crippen MR) is 290 cm³/mol. The number of unbranched alkanes of at least 4 members (excludes halogenated alkanes) is 51. The van der Waals surface area contributed by atoms with E-state index in [4.69, 9.17) is 0 Å². The second-order valence-electron chi connectivity index (χ2n) is 21.5. The fraction of sp³-hybridized carbons (Fsp3) is 0.984. The smallest absolute Gasteiger partial charge is 0.220 e. The Kier molecular flexibility index (Phi) is 57.2. The van der Waals surface area contributed by atoms with Gasteiger partial charge < -0.3 is 15.5 Å². The van der Waals surface area contributed by atoms with Crippen molar-refractivity contribution in [1.82, 2.24) is 5.32 Å². The van der Waals surface area contributed by atoms with Gasteiger partial charge in [-0.3, -0.25) is 4.79 Å². The molecule has 0 aliphatic heterocycles. The maximum absolute atomic E-state index is 12.5. The van der Waals surface area contributed by atoms with Crippen molar-refractivity contribution in [3.8, 4) is 0 Å². The van der Waals surface area contributed by atoms with Crippen LogP contribution in [-0.2, 0) is 4.79 Å². The quantitative estimate of drug-likeness (QED) is 0.0533. The standard InChI is InChI=1S/C61H123NO3/c1-3-5-7-9-11-13-15-17-19-21-22-23-24-25-26-27-28-29-30-31-32-33-34-35-36-37-38-39-41-43-45-47-49-51-53-55-57-61(65)62-59(58-63)60(64)56-54-52-50-48-46-44-42-40-20-18-16-14-12-10-8-6-4-2/h59-60,63-64H,3-58H2,1-2H3,(H,62,65)/t59-,60+/m0/s1. The summed E-state index contributed by atoms with van der Waals surface area (Å²) < 4.78 is 0. The average molecular weight is 919 g/mol. The molecule has 0 aromatic rings. The summed E-state index contributed by atoms with van der Waals surface area (Å²) >= 11 is 0. The molecule has 0 aliphatic rings. The van der Waals surface area contributed by atoms with Crippen LogP contribution in [0.2, 0.25) is 0 Å². The molecule has 0 aliphatic carbocycles. The lowest BCUT2D eigenvalue weighted by atomic mass is 10.0. The largest absolute Gasteiger partial charge is 0.394 e. The third-order valence-electron chi connectivity index (χ3n) is 14.9. The number of rotatable bonds is 58. The first-order valence-electron chi connectivity index (χ1n) is 30.7. The Morgan fingerprint density at radius 3 is 0.692 bits per heavy atom. The zero-order valence-electron chi connectivity index (χ0n) is 45.1. The summed E-state index contributed by atoms with van der Waals surface area (Å²) in [7, 11) is 0. The van der Waals surface area contributed by atoms with Gasteiger partial charge in [-0.1, -0.05) is 348 Å². The van der Waals surface area contributed by atoms with E-state index in [0.717, 1.165) is 25.7 Å². The Morgan fingerprint density at radius 2 is 0.492 bits per heavy atom. The minimum Gasteiger partial charge on any atom is -0.394 e. The number of carbonyl (C=O) groups is 1. The van der Waals surface area contributed by atoms with E-state index in [1.54, 1.807) is 0 Å². The van der Waals surface area contributed by atoms with Crippen LogP contribution in [0.15, 0.2) is 0 Å². The van der Waals surface area contributed by atoms with Crippen molar-refractivity contribution < 1.29 is 15.0 Å². The highest BCUT2D eigenvalue weighted by Crippen LogP contribution is 2.19. The monoisotopic (exact) mass is 918 g/mol. The van der Waals surface area contributed by atoms with Gasteiger partial charge in [-0.2, -0.15) is 0 Å². The van der Waals surface area contributed by atoms with Crippen LogP contribution in [-0.4, -0.2) is 34.9 Å². The summed E-state index contributed by atoms with van der Waals surface area (Å²) in [5, 5.41) is 23.3. The SMILES string of the molecule is CCCCCCCCCCCCCCCCCCCCCCCCCCCCCCCCCCCCCCC(=O)N[C@@H](CO)[C@H](O)CCCCCCCCCCCCCCCCCCC. The molecular formula is C61H123NO3. The minimum absolute atomic E-state index is 0.0216. The lowest BCUT2D eigenvalue weighted by Crippen LogP contribution is -2.45. The first-order valence-corrected chi connectivity index (χ1v) is 30.7. The molecule has 0 saturated heterocycles. The van der Waals surface area contributed by atoms with Gasteiger partial charge in [0.15, 0.2) is 0 Å². The maximum Gasteiger partial charge on any atom is 0.220 e. The van der Waals surface area contributed by atoms with Crippen LogP contribution in [0.25, 0.3) is 0 Å². The zero-order valence-corrected chi connectivity index (χ0v) is 45.1. The van der Waals surface area contributed by atoms with Gasteiger partial charge in [0.05, 0.1) is 18.8 Å². The molecule has 0 unspecified atom stereocenters. The lowest BCUT2D eigenvalue weighted by molar-refractivity contribution is -0.123. The van der Waals surface area contributed by atoms with Crippen molar-refractivity contribution in [2.75, 3.05) is 6.61 Å². The fourth-order valence-corrected chi connectivity index (χ4v) is 10.2. The van der Waals surface area contributed by atoms with Gasteiger partial charge in [0.1, 0.15) is 0 Å². The van der Waals surface area contributed by atoms with Gasteiger partial charge in [0.25, 0.3) is 0 Å². The lowest BCUT2D eigenvalue weighted by Gasteiger charge is -2.22. The number of hydrogen-bond acceptors (Lipinski definition) is 3. The zero-order chi connectivity index (χ0) is 47.0. The van der Waals surface area contributed by atoms with Gasteiger partial charge >= 0.3 is 0 Å². The molecular weight excluding hydrogens is 795 g/mol. The number of aliphatic hydroxyl groups is 2. The molecule has 0 aromatic heterocycles. The van der Waals surface area contributed by atoms with Crippen LogP contribution in [0.3, 0.4) is 0 Å². The first kappa shape index (κ1) is 64.4. The topological polar surface area (TPSA) is 69.6 Å². The molecule has 0 spiro atoms. The third-order valence-corrected chi connectivity index (χ3v) is 14.9. The van der Waals surface area contributed by atoms with Crippen LogP contribution in [0, 0.1) is 0 Å². The Bertz CT molecular complexity index is 864. The Balaban J connectivity index is 3.34. The molecule has 0 aromatic carbocycles. The molecule has 0 radical (unpaired) electrons. The van der Waals surface area contributed by atoms with Crippen LogP contribution in [0.5, 0.6) is 0 Å². The number of nitrogens with one attached hydrogen (secondary N) is 1. The van der Waals surface area contributed by atoms with Gasteiger partial charge in [-0.15, -0.1) is 0 Å². The average Bonchev–Trinajstić information content (AvgIpc) is 3.31. The first-order chi connectivity index (χ1) is 32.2. The third kappa shape index (κ3) is 54.2. The van der Waals surface area contributed by atoms with Gasteiger partial charge in [-0.25, -0.2) is 0 Å². The van der Waals surface area contributed by atoms with Crippen molar-refractivity contribution in [2.45, 2.75) is 379 Å². The molecule has 4 heteroatoms. The van der Waals surface area contributed by atoms with E-state index in [2.05, 4.69) is 19.2 Å². The van der Waals surface area contributed by atoms with Crippen LogP contribution < -0.4 is 5.32 Å². The number of hydrogen-bond donors (Lipinski definition) is 3. The summed E-state index contributed by atoms with van der Waals surface area (Å²) in [6.07, 6.45) is 74.1. The Morgan fingerprint density at radius 1 is 0.308 bits per heavy atom. The predicted octanol–water partition coefficient (Wildman–Crippen LogP) is 20.3. The van der Waals surface area contributed by atoms with E-state index in [0.29, 0.717) is 12.8 Å². The Hall–Kier alpha value is -0.610. The molecule has 4 nitrogen and oxygen atoms in total. The van der Waals surface area contributed by atoms with Gasteiger partial charge in [0.2, 0.25) is 5.91 Å². The summed E-state index contributed by atoms with van der Waals surface area (Å²) in [4.78, 5) is 12.5. The molecule has 390 valence electrons. The van der Waals surface area contributed by atoms with Gasteiger partial charge in [-0.05, 0) is 12.8 Å². The highest BCUT2D eigenvalue weighted by atomic mass is 16.3.